The van der Waals surface area contributed by atoms with E-state index in [1.165, 1.54) is 0 Å². The quantitative estimate of drug-likeness (QED) is 0.808. The molecule has 0 aliphatic carbocycles. The van der Waals surface area contributed by atoms with E-state index in [-0.39, 0.29) is 24.8 Å². The number of rotatable bonds is 4. The van der Waals surface area contributed by atoms with Crippen molar-refractivity contribution in [3.05, 3.63) is 0 Å². The fourth-order valence-electron chi connectivity index (χ4n) is 1.51. The maximum Gasteiger partial charge on any atom is 0.410 e. The summed E-state index contributed by atoms with van der Waals surface area (Å²) in [6.45, 7) is 11.3. The first-order valence-electron chi connectivity index (χ1n) is 5.85. The zero-order valence-electron chi connectivity index (χ0n) is 11.3. The maximum absolute atomic E-state index is 12.0. The molecule has 0 fully saturated rings. The Bertz CT molecular complexity index is 217. The molecule has 0 aromatic carbocycles. The predicted octanol–water partition coefficient (Wildman–Crippen LogP) is 2.40. The summed E-state index contributed by atoms with van der Waals surface area (Å²) in [6.07, 6.45) is 0.358. The first-order valence-corrected chi connectivity index (χ1v) is 5.85. The smallest absolute Gasteiger partial charge is 0.410 e. The molecular formula is C12H25NO3. The van der Waals surface area contributed by atoms with Gasteiger partial charge < -0.3 is 14.7 Å². The van der Waals surface area contributed by atoms with Crippen LogP contribution in [0.5, 0.6) is 0 Å². The van der Waals surface area contributed by atoms with Gasteiger partial charge in [0.2, 0.25) is 0 Å². The van der Waals surface area contributed by atoms with E-state index >= 15 is 0 Å². The number of aliphatic hydroxyl groups excluding tert-OH is 1. The number of carbonyl (C=O) groups excluding carboxylic acids is 1. The molecule has 0 aliphatic rings. The van der Waals surface area contributed by atoms with Crippen LogP contribution < -0.4 is 0 Å². The van der Waals surface area contributed by atoms with Crippen molar-refractivity contribution < 1.29 is 14.6 Å². The second kappa shape index (κ2) is 6.09. The average molecular weight is 231 g/mol. The van der Waals surface area contributed by atoms with Gasteiger partial charge >= 0.3 is 6.09 Å². The van der Waals surface area contributed by atoms with E-state index in [0.29, 0.717) is 6.42 Å². The lowest BCUT2D eigenvalue weighted by Gasteiger charge is -2.35. The molecule has 4 nitrogen and oxygen atoms in total. The largest absolute Gasteiger partial charge is 0.444 e. The van der Waals surface area contributed by atoms with Crippen molar-refractivity contribution in [2.75, 3.05) is 6.61 Å². The van der Waals surface area contributed by atoms with Crippen LogP contribution in [0.25, 0.3) is 0 Å². The third-order valence-corrected chi connectivity index (χ3v) is 2.24. The van der Waals surface area contributed by atoms with Gasteiger partial charge in [-0.2, -0.15) is 0 Å². The van der Waals surface area contributed by atoms with E-state index in [9.17, 15) is 9.90 Å². The molecule has 0 radical (unpaired) electrons. The molecule has 0 heterocycles. The van der Waals surface area contributed by atoms with Crippen LogP contribution >= 0.6 is 0 Å². The van der Waals surface area contributed by atoms with Crippen molar-refractivity contribution in [2.45, 2.75) is 65.6 Å². The fraction of sp³-hybridized carbons (Fsp3) is 0.917. The van der Waals surface area contributed by atoms with Crippen molar-refractivity contribution in [2.24, 2.45) is 0 Å². The van der Waals surface area contributed by atoms with Gasteiger partial charge in [-0.1, -0.05) is 6.92 Å². The summed E-state index contributed by atoms with van der Waals surface area (Å²) in [5.74, 6) is 0. The summed E-state index contributed by atoms with van der Waals surface area (Å²) in [5.41, 5.74) is -0.502. The lowest BCUT2D eigenvalue weighted by Crippen LogP contribution is -2.48. The van der Waals surface area contributed by atoms with Crippen LogP contribution in [-0.4, -0.2) is 40.4 Å². The molecule has 0 aromatic heterocycles. The fourth-order valence-corrected chi connectivity index (χ4v) is 1.51. The van der Waals surface area contributed by atoms with E-state index < -0.39 is 5.60 Å². The molecule has 1 amide bonds. The molecule has 1 N–H and O–H groups in total. The van der Waals surface area contributed by atoms with E-state index in [1.807, 2.05) is 41.5 Å². The summed E-state index contributed by atoms with van der Waals surface area (Å²) in [4.78, 5) is 13.6. The summed E-state index contributed by atoms with van der Waals surface area (Å²) >= 11 is 0. The van der Waals surface area contributed by atoms with Gasteiger partial charge in [0.1, 0.15) is 5.60 Å². The van der Waals surface area contributed by atoms with Gasteiger partial charge in [0.25, 0.3) is 0 Å². The molecule has 0 unspecified atom stereocenters. The summed E-state index contributed by atoms with van der Waals surface area (Å²) < 4.78 is 5.32. The molecule has 0 saturated heterocycles. The maximum atomic E-state index is 12.0. The molecule has 1 atom stereocenters. The van der Waals surface area contributed by atoms with Gasteiger partial charge in [-0.25, -0.2) is 4.79 Å². The SMILES string of the molecule is CC[C@H](CO)N(C(=O)OC(C)(C)C)C(C)C. The van der Waals surface area contributed by atoms with E-state index in [2.05, 4.69) is 0 Å². The normalized spacial score (nSPS) is 13.8. The van der Waals surface area contributed by atoms with Crippen LogP contribution in [0.3, 0.4) is 0 Å². The standard InChI is InChI=1S/C12H25NO3/c1-7-10(8-14)13(9(2)3)11(15)16-12(4,5)6/h9-10,14H,7-8H2,1-6H3/t10-/m1/s1. The number of aliphatic hydroxyl groups is 1. The number of hydrogen-bond donors (Lipinski definition) is 1. The third kappa shape index (κ3) is 4.84. The van der Waals surface area contributed by atoms with Crippen LogP contribution in [0.4, 0.5) is 4.79 Å². The van der Waals surface area contributed by atoms with E-state index in [4.69, 9.17) is 4.74 Å². The highest BCUT2D eigenvalue weighted by atomic mass is 16.6. The Morgan fingerprint density at radius 1 is 1.38 bits per heavy atom. The minimum absolute atomic E-state index is 0.0203. The highest BCUT2D eigenvalue weighted by Gasteiger charge is 2.28. The molecule has 0 rings (SSSR count). The van der Waals surface area contributed by atoms with Crippen LogP contribution in [0.15, 0.2) is 0 Å². The highest BCUT2D eigenvalue weighted by Crippen LogP contribution is 2.15. The van der Waals surface area contributed by atoms with Crippen LogP contribution in [0.2, 0.25) is 0 Å². The number of hydrogen-bond acceptors (Lipinski definition) is 3. The van der Waals surface area contributed by atoms with Crippen molar-refractivity contribution >= 4 is 6.09 Å². The van der Waals surface area contributed by atoms with Crippen molar-refractivity contribution in [3.63, 3.8) is 0 Å². The average Bonchev–Trinajstić information content (AvgIpc) is 2.09. The monoisotopic (exact) mass is 231 g/mol. The van der Waals surface area contributed by atoms with Gasteiger partial charge in [0.15, 0.2) is 0 Å². The first kappa shape index (κ1) is 15.2. The van der Waals surface area contributed by atoms with Crippen LogP contribution in [0.1, 0.15) is 48.0 Å². The van der Waals surface area contributed by atoms with E-state index in [0.717, 1.165) is 0 Å². The number of carbonyl (C=O) groups is 1. The zero-order valence-corrected chi connectivity index (χ0v) is 11.3. The Morgan fingerprint density at radius 3 is 2.12 bits per heavy atom. The lowest BCUT2D eigenvalue weighted by atomic mass is 10.1. The van der Waals surface area contributed by atoms with Gasteiger partial charge in [0, 0.05) is 6.04 Å². The van der Waals surface area contributed by atoms with Gasteiger partial charge in [-0.15, -0.1) is 0 Å². The molecule has 0 spiro atoms. The third-order valence-electron chi connectivity index (χ3n) is 2.24. The van der Waals surface area contributed by atoms with Crippen LogP contribution in [0, 0.1) is 0 Å². The lowest BCUT2D eigenvalue weighted by molar-refractivity contribution is 0.000432. The summed E-state index contributed by atoms with van der Waals surface area (Å²) in [5, 5.41) is 9.24. The van der Waals surface area contributed by atoms with Gasteiger partial charge in [-0.05, 0) is 41.0 Å². The van der Waals surface area contributed by atoms with Crippen molar-refractivity contribution in [3.8, 4) is 0 Å². The van der Waals surface area contributed by atoms with E-state index in [1.54, 1.807) is 4.90 Å². The highest BCUT2D eigenvalue weighted by molar-refractivity contribution is 5.69. The number of nitrogens with zero attached hydrogens (tertiary/aromatic N) is 1. The molecular weight excluding hydrogens is 206 g/mol. The Balaban J connectivity index is 4.72. The Kier molecular flexibility index (Phi) is 5.79. The van der Waals surface area contributed by atoms with Gasteiger partial charge in [-0.3, -0.25) is 0 Å². The zero-order chi connectivity index (χ0) is 12.9. The Hall–Kier alpha value is -0.770. The van der Waals surface area contributed by atoms with Crippen molar-refractivity contribution in [1.29, 1.82) is 0 Å². The first-order chi connectivity index (χ1) is 7.22. The number of amides is 1. The minimum Gasteiger partial charge on any atom is -0.444 e. The topological polar surface area (TPSA) is 49.8 Å². The van der Waals surface area contributed by atoms with Crippen molar-refractivity contribution in [1.82, 2.24) is 4.90 Å². The van der Waals surface area contributed by atoms with Crippen LogP contribution in [-0.2, 0) is 4.74 Å². The Labute approximate surface area is 98.6 Å². The second-order valence-electron chi connectivity index (χ2n) is 5.23. The minimum atomic E-state index is -0.502. The molecule has 0 bridgehead atoms. The predicted molar refractivity (Wildman–Crippen MR) is 64.4 cm³/mol. The number of ether oxygens (including phenoxy) is 1. The second-order valence-corrected chi connectivity index (χ2v) is 5.23. The summed E-state index contributed by atoms with van der Waals surface area (Å²) in [7, 11) is 0. The summed E-state index contributed by atoms with van der Waals surface area (Å²) in [6, 6.07) is -0.151. The molecule has 96 valence electrons. The molecule has 0 saturated carbocycles. The molecule has 16 heavy (non-hydrogen) atoms. The molecule has 0 aliphatic heterocycles. The molecule has 4 heteroatoms. The molecule has 0 aromatic rings. The Morgan fingerprint density at radius 2 is 1.88 bits per heavy atom. The van der Waals surface area contributed by atoms with Gasteiger partial charge in [0.05, 0.1) is 12.6 Å².